The summed E-state index contributed by atoms with van der Waals surface area (Å²) in [5, 5.41) is 9.03. The molecule has 1 unspecified atom stereocenters. The van der Waals surface area contributed by atoms with Crippen molar-refractivity contribution < 1.29 is 9.90 Å². The third kappa shape index (κ3) is 2.00. The van der Waals surface area contributed by atoms with Crippen molar-refractivity contribution in [2.45, 2.75) is 24.3 Å². The molecular formula is C13H18N2O2. The van der Waals surface area contributed by atoms with E-state index in [-0.39, 0.29) is 5.41 Å². The molecule has 3 N–H and O–H groups in total. The number of hydrogen-bond acceptors (Lipinski definition) is 3. The van der Waals surface area contributed by atoms with Gasteiger partial charge in [-0.2, -0.15) is 0 Å². The lowest BCUT2D eigenvalue weighted by molar-refractivity contribution is -0.139. The largest absolute Gasteiger partial charge is 0.480 e. The Morgan fingerprint density at radius 1 is 1.35 bits per heavy atom. The van der Waals surface area contributed by atoms with Crippen LogP contribution in [0.25, 0.3) is 0 Å². The molecule has 1 aliphatic carbocycles. The molecule has 4 nitrogen and oxygen atoms in total. The van der Waals surface area contributed by atoms with Gasteiger partial charge in [0.25, 0.3) is 0 Å². The van der Waals surface area contributed by atoms with Gasteiger partial charge in [-0.1, -0.05) is 12.1 Å². The van der Waals surface area contributed by atoms with Crippen LogP contribution in [0.1, 0.15) is 18.4 Å². The maximum absolute atomic E-state index is 11.0. The molecule has 1 aromatic carbocycles. The summed E-state index contributed by atoms with van der Waals surface area (Å²) in [5.41, 5.74) is 7.58. The fourth-order valence-electron chi connectivity index (χ4n) is 2.24. The summed E-state index contributed by atoms with van der Waals surface area (Å²) in [6.07, 6.45) is 1.73. The highest BCUT2D eigenvalue weighted by Gasteiger charge is 2.52. The zero-order chi connectivity index (χ0) is 12.6. The van der Waals surface area contributed by atoms with Crippen molar-refractivity contribution in [3.8, 4) is 0 Å². The Bertz CT molecular complexity index is 422. The molecule has 0 radical (unpaired) electrons. The average Bonchev–Trinajstić information content (AvgIpc) is 3.09. The Balaban J connectivity index is 2.26. The topological polar surface area (TPSA) is 66.6 Å². The number of nitrogens with two attached hydrogens (primary N) is 1. The van der Waals surface area contributed by atoms with Gasteiger partial charge in [-0.15, -0.1) is 0 Å². The second kappa shape index (κ2) is 4.04. The summed E-state index contributed by atoms with van der Waals surface area (Å²) >= 11 is 0. The maximum Gasteiger partial charge on any atom is 0.321 e. The molecule has 0 saturated heterocycles. The van der Waals surface area contributed by atoms with Gasteiger partial charge in [0, 0.05) is 25.2 Å². The van der Waals surface area contributed by atoms with Crippen molar-refractivity contribution in [2.75, 3.05) is 19.0 Å². The molecule has 1 aliphatic rings. The summed E-state index contributed by atoms with van der Waals surface area (Å²) in [7, 11) is 3.95. The minimum Gasteiger partial charge on any atom is -0.480 e. The van der Waals surface area contributed by atoms with Crippen molar-refractivity contribution >= 4 is 11.7 Å². The normalized spacial score (nSPS) is 18.5. The van der Waals surface area contributed by atoms with Crippen LogP contribution in [-0.4, -0.2) is 31.2 Å². The van der Waals surface area contributed by atoms with Gasteiger partial charge in [-0.3, -0.25) is 4.79 Å². The number of carbonyl (C=O) groups is 1. The van der Waals surface area contributed by atoms with Crippen LogP contribution in [0.4, 0.5) is 5.69 Å². The molecule has 1 atom stereocenters. The summed E-state index contributed by atoms with van der Waals surface area (Å²) in [4.78, 5) is 13.0. The van der Waals surface area contributed by atoms with Crippen LogP contribution < -0.4 is 10.6 Å². The molecule has 1 saturated carbocycles. The Morgan fingerprint density at radius 2 is 1.88 bits per heavy atom. The number of hydrogen-bond donors (Lipinski definition) is 2. The molecule has 1 fully saturated rings. The molecule has 92 valence electrons. The molecule has 1 aromatic rings. The van der Waals surface area contributed by atoms with Crippen LogP contribution in [0, 0.1) is 0 Å². The Kier molecular flexibility index (Phi) is 2.83. The predicted octanol–water partition coefficient (Wildman–Crippen LogP) is 1.20. The van der Waals surface area contributed by atoms with E-state index >= 15 is 0 Å². The lowest BCUT2D eigenvalue weighted by atomic mass is 9.88. The van der Waals surface area contributed by atoms with Gasteiger partial charge < -0.3 is 15.7 Å². The Morgan fingerprint density at radius 3 is 2.24 bits per heavy atom. The van der Waals surface area contributed by atoms with E-state index in [1.165, 1.54) is 0 Å². The third-order valence-corrected chi connectivity index (χ3v) is 3.61. The fourth-order valence-corrected chi connectivity index (χ4v) is 2.24. The zero-order valence-electron chi connectivity index (χ0n) is 10.2. The maximum atomic E-state index is 11.0. The zero-order valence-corrected chi connectivity index (χ0v) is 10.2. The molecule has 0 spiro atoms. The summed E-state index contributed by atoms with van der Waals surface area (Å²) < 4.78 is 0. The van der Waals surface area contributed by atoms with Gasteiger partial charge >= 0.3 is 5.97 Å². The highest BCUT2D eigenvalue weighted by Crippen LogP contribution is 2.50. The minimum atomic E-state index is -0.917. The molecular weight excluding hydrogens is 216 g/mol. The molecule has 17 heavy (non-hydrogen) atoms. The molecule has 0 bridgehead atoms. The number of rotatable bonds is 4. The van der Waals surface area contributed by atoms with Gasteiger partial charge in [0.2, 0.25) is 0 Å². The van der Waals surface area contributed by atoms with E-state index < -0.39 is 12.0 Å². The number of benzene rings is 1. The van der Waals surface area contributed by atoms with Crippen LogP contribution in [0.2, 0.25) is 0 Å². The van der Waals surface area contributed by atoms with E-state index in [0.29, 0.717) is 0 Å². The molecule has 0 aliphatic heterocycles. The van der Waals surface area contributed by atoms with Crippen LogP contribution in [0.5, 0.6) is 0 Å². The number of nitrogens with zero attached hydrogens (tertiary/aromatic N) is 1. The first-order valence-electron chi connectivity index (χ1n) is 5.73. The van der Waals surface area contributed by atoms with Gasteiger partial charge in [-0.25, -0.2) is 0 Å². The summed E-state index contributed by atoms with van der Waals surface area (Å²) in [6.45, 7) is 0. The smallest absolute Gasteiger partial charge is 0.321 e. The van der Waals surface area contributed by atoms with Crippen molar-refractivity contribution in [3.63, 3.8) is 0 Å². The van der Waals surface area contributed by atoms with E-state index in [1.807, 2.05) is 43.3 Å². The number of carboxylic acids is 1. The quantitative estimate of drug-likeness (QED) is 0.821. The molecule has 4 heteroatoms. The summed E-state index contributed by atoms with van der Waals surface area (Å²) in [5.74, 6) is -0.917. The van der Waals surface area contributed by atoms with E-state index in [1.54, 1.807) is 0 Å². The van der Waals surface area contributed by atoms with Crippen molar-refractivity contribution in [3.05, 3.63) is 29.8 Å². The predicted molar refractivity (Wildman–Crippen MR) is 67.3 cm³/mol. The Hall–Kier alpha value is -1.55. The van der Waals surface area contributed by atoms with E-state index in [9.17, 15) is 4.79 Å². The minimum absolute atomic E-state index is 0.337. The van der Waals surface area contributed by atoms with Crippen LogP contribution in [0.15, 0.2) is 24.3 Å². The average molecular weight is 234 g/mol. The van der Waals surface area contributed by atoms with Crippen LogP contribution >= 0.6 is 0 Å². The number of carboxylic acid groups (broad SMARTS) is 1. The molecule has 0 amide bonds. The van der Waals surface area contributed by atoms with Gasteiger partial charge in [0.15, 0.2) is 0 Å². The highest BCUT2D eigenvalue weighted by molar-refractivity contribution is 5.77. The lowest BCUT2D eigenvalue weighted by Gasteiger charge is -2.21. The fraction of sp³-hybridized carbons (Fsp3) is 0.462. The van der Waals surface area contributed by atoms with Gasteiger partial charge in [0.05, 0.1) is 0 Å². The second-order valence-corrected chi connectivity index (χ2v) is 4.91. The second-order valence-electron chi connectivity index (χ2n) is 4.91. The van der Waals surface area contributed by atoms with Crippen molar-refractivity contribution in [2.24, 2.45) is 5.73 Å². The summed E-state index contributed by atoms with van der Waals surface area (Å²) in [6, 6.07) is 7.19. The van der Waals surface area contributed by atoms with Crippen LogP contribution in [-0.2, 0) is 10.2 Å². The number of aliphatic carboxylic acids is 1. The molecule has 0 heterocycles. The number of anilines is 1. The standard InChI is InChI=1S/C13H18N2O2/c1-15(2)10-5-3-9(4-6-10)13(7-8-13)11(14)12(16)17/h3-6,11H,7-8,14H2,1-2H3,(H,16,17). The van der Waals surface area contributed by atoms with Crippen molar-refractivity contribution in [1.82, 2.24) is 0 Å². The SMILES string of the molecule is CN(C)c1ccc(C2(C(N)C(=O)O)CC2)cc1. The van der Waals surface area contributed by atoms with Gasteiger partial charge in [-0.05, 0) is 30.5 Å². The molecule has 2 rings (SSSR count). The first kappa shape index (κ1) is 11.9. The third-order valence-electron chi connectivity index (χ3n) is 3.61. The van der Waals surface area contributed by atoms with E-state index in [4.69, 9.17) is 10.8 Å². The van der Waals surface area contributed by atoms with Crippen molar-refractivity contribution in [1.29, 1.82) is 0 Å². The monoisotopic (exact) mass is 234 g/mol. The first-order valence-corrected chi connectivity index (χ1v) is 5.73. The lowest BCUT2D eigenvalue weighted by Crippen LogP contribution is -2.41. The van der Waals surface area contributed by atoms with E-state index in [0.717, 1.165) is 24.1 Å². The Labute approximate surface area is 101 Å². The van der Waals surface area contributed by atoms with Crippen LogP contribution in [0.3, 0.4) is 0 Å². The molecule has 0 aromatic heterocycles. The highest BCUT2D eigenvalue weighted by atomic mass is 16.4. The first-order chi connectivity index (χ1) is 7.97. The van der Waals surface area contributed by atoms with E-state index in [2.05, 4.69) is 0 Å². The van der Waals surface area contributed by atoms with Gasteiger partial charge in [0.1, 0.15) is 6.04 Å².